The molecule has 336 valence electrons. The SMILES string of the molecule is Brc1ccc(-c2ccc(-c3ccc(C4C(c5ccc(-c6ccc(-c7ccc(Br)s7)s6)s5)C(c5ccc(-c6ccc(-c7ccc(Br)s7)s6)s5)C4c4ccc(-c5ccc(-c6ccc(Br)s6)s5)s4)s3)s2)s1. The molecule has 13 rings (SSSR count). The summed E-state index contributed by atoms with van der Waals surface area (Å²) in [6.07, 6.45) is 0. The maximum Gasteiger partial charge on any atom is 0.0705 e. The lowest BCUT2D eigenvalue weighted by Gasteiger charge is -2.51. The van der Waals surface area contributed by atoms with E-state index in [0.29, 0.717) is 23.7 Å². The van der Waals surface area contributed by atoms with E-state index in [1.165, 1.54) is 113 Å². The van der Waals surface area contributed by atoms with Gasteiger partial charge in [0.15, 0.2) is 0 Å². The van der Waals surface area contributed by atoms with E-state index >= 15 is 0 Å². The molecule has 0 unspecified atom stereocenters. The zero-order valence-electron chi connectivity index (χ0n) is 34.6. The summed E-state index contributed by atoms with van der Waals surface area (Å²) in [7, 11) is 0. The van der Waals surface area contributed by atoms with Gasteiger partial charge in [-0.1, -0.05) is 0 Å². The minimum atomic E-state index is 0.324. The number of hydrogen-bond donors (Lipinski definition) is 0. The summed E-state index contributed by atoms with van der Waals surface area (Å²) in [6.45, 7) is 0. The highest BCUT2D eigenvalue weighted by atomic mass is 79.9. The Labute approximate surface area is 475 Å². The Morgan fingerprint density at radius 3 is 0.500 bits per heavy atom. The van der Waals surface area contributed by atoms with E-state index in [2.05, 4.69) is 209 Å². The summed E-state index contributed by atoms with van der Waals surface area (Å²) < 4.78 is 4.67. The van der Waals surface area contributed by atoms with Gasteiger partial charge in [-0.2, -0.15) is 0 Å². The van der Waals surface area contributed by atoms with Crippen LogP contribution in [0.4, 0.5) is 0 Å². The first-order chi connectivity index (χ1) is 33.2. The van der Waals surface area contributed by atoms with Crippen LogP contribution in [-0.4, -0.2) is 0 Å². The molecule has 0 aliphatic heterocycles. The van der Waals surface area contributed by atoms with Crippen molar-refractivity contribution < 1.29 is 0 Å². The third-order valence-electron chi connectivity index (χ3n) is 12.0. The van der Waals surface area contributed by atoms with Gasteiger partial charge in [0, 0.05) is 121 Å². The maximum absolute atomic E-state index is 3.69. The van der Waals surface area contributed by atoms with Gasteiger partial charge in [-0.15, -0.1) is 136 Å². The number of thiophene rings is 12. The summed E-state index contributed by atoms with van der Waals surface area (Å²) >= 11 is 37.6. The van der Waals surface area contributed by atoms with Crippen LogP contribution in [0.1, 0.15) is 43.2 Å². The quantitative estimate of drug-likeness (QED) is 0.114. The van der Waals surface area contributed by atoms with Crippen LogP contribution in [0, 0.1) is 0 Å². The minimum absolute atomic E-state index is 0.324. The van der Waals surface area contributed by atoms with Crippen molar-refractivity contribution in [2.75, 3.05) is 0 Å². The van der Waals surface area contributed by atoms with E-state index in [0.717, 1.165) is 0 Å². The van der Waals surface area contributed by atoms with Gasteiger partial charge in [-0.25, -0.2) is 0 Å². The molecular formula is C52H28Br4S12. The second-order valence-corrected chi connectivity index (χ2v) is 34.6. The molecule has 0 amide bonds. The lowest BCUT2D eigenvalue weighted by atomic mass is 9.54. The zero-order chi connectivity index (χ0) is 45.6. The van der Waals surface area contributed by atoms with Gasteiger partial charge in [-0.3, -0.25) is 0 Å². The molecule has 1 aliphatic rings. The van der Waals surface area contributed by atoms with E-state index in [1.54, 1.807) is 45.3 Å². The molecule has 1 saturated carbocycles. The largest absolute Gasteiger partial charge is 0.139 e. The molecule has 0 radical (unpaired) electrons. The Balaban J connectivity index is 0.913. The average molecular weight is 1360 g/mol. The molecule has 0 bridgehead atoms. The second-order valence-electron chi connectivity index (χ2n) is 16.0. The van der Waals surface area contributed by atoms with Crippen molar-refractivity contribution in [1.82, 2.24) is 0 Å². The van der Waals surface area contributed by atoms with Crippen molar-refractivity contribution in [1.29, 1.82) is 0 Å². The summed E-state index contributed by atoms with van der Waals surface area (Å²) in [5, 5.41) is 0. The maximum atomic E-state index is 3.69. The fourth-order valence-electron chi connectivity index (χ4n) is 9.02. The summed E-state index contributed by atoms with van der Waals surface area (Å²) in [6, 6.07) is 55.5. The highest BCUT2D eigenvalue weighted by Gasteiger charge is 2.55. The van der Waals surface area contributed by atoms with Crippen LogP contribution in [0.2, 0.25) is 0 Å². The van der Waals surface area contributed by atoms with Crippen LogP contribution in [0.15, 0.2) is 161 Å². The van der Waals surface area contributed by atoms with E-state index in [-0.39, 0.29) is 0 Å². The highest BCUT2D eigenvalue weighted by molar-refractivity contribution is 9.11. The van der Waals surface area contributed by atoms with Crippen molar-refractivity contribution in [3.05, 3.63) is 180 Å². The van der Waals surface area contributed by atoms with E-state index in [4.69, 9.17) is 0 Å². The third-order valence-corrected chi connectivity index (χ3v) is 29.2. The number of rotatable bonds is 12. The Bertz CT molecular complexity index is 3230. The molecule has 0 aromatic carbocycles. The number of halogens is 4. The third kappa shape index (κ3) is 8.89. The van der Waals surface area contributed by atoms with E-state index in [9.17, 15) is 0 Å². The van der Waals surface area contributed by atoms with Crippen LogP contribution in [0.25, 0.3) is 78.0 Å². The predicted molar refractivity (Wildman–Crippen MR) is 326 cm³/mol. The second kappa shape index (κ2) is 19.3. The minimum Gasteiger partial charge on any atom is -0.139 e. The Morgan fingerprint density at radius 1 is 0.176 bits per heavy atom. The van der Waals surface area contributed by atoms with Crippen molar-refractivity contribution in [2.45, 2.75) is 23.7 Å². The molecule has 68 heavy (non-hydrogen) atoms. The first-order valence-electron chi connectivity index (χ1n) is 21.1. The van der Waals surface area contributed by atoms with Gasteiger partial charge in [0.1, 0.15) is 0 Å². The molecule has 0 saturated heterocycles. The van der Waals surface area contributed by atoms with Crippen LogP contribution in [0.3, 0.4) is 0 Å². The Kier molecular flexibility index (Phi) is 13.1. The topological polar surface area (TPSA) is 0 Å². The summed E-state index contributed by atoms with van der Waals surface area (Å²) in [5.74, 6) is 1.30. The van der Waals surface area contributed by atoms with Gasteiger partial charge in [-0.05, 0) is 209 Å². The fraction of sp³-hybridized carbons (Fsp3) is 0.0769. The molecule has 0 nitrogen and oxygen atoms in total. The first-order valence-corrected chi connectivity index (χ1v) is 34.0. The molecule has 0 spiro atoms. The molecule has 12 aromatic heterocycles. The fourth-order valence-corrected chi connectivity index (χ4v) is 24.1. The van der Waals surface area contributed by atoms with Gasteiger partial charge in [0.05, 0.1) is 15.1 Å². The van der Waals surface area contributed by atoms with Crippen LogP contribution >= 0.6 is 200 Å². The average Bonchev–Trinajstić information content (AvgIpc) is 4.14. The van der Waals surface area contributed by atoms with Crippen LogP contribution in [0.5, 0.6) is 0 Å². The van der Waals surface area contributed by atoms with Crippen LogP contribution in [-0.2, 0) is 0 Å². The van der Waals surface area contributed by atoms with Crippen molar-refractivity contribution in [3.63, 3.8) is 0 Å². The molecule has 0 atom stereocenters. The predicted octanol–water partition coefficient (Wildman–Crippen LogP) is 24.3. The molecule has 1 aliphatic carbocycles. The Hall–Kier alpha value is -1.68. The van der Waals surface area contributed by atoms with Gasteiger partial charge in [0.2, 0.25) is 0 Å². The molecule has 12 aromatic rings. The van der Waals surface area contributed by atoms with Gasteiger partial charge >= 0.3 is 0 Å². The van der Waals surface area contributed by atoms with Crippen molar-refractivity contribution in [2.24, 2.45) is 0 Å². The number of hydrogen-bond acceptors (Lipinski definition) is 12. The highest BCUT2D eigenvalue weighted by Crippen LogP contribution is 2.70. The lowest BCUT2D eigenvalue weighted by Crippen LogP contribution is -2.38. The standard InChI is InChI=1S/C52H28Br4S12/c53-45-21-17-37(65-45)33-5-1-25(57-33)29-9-13-41(61-29)49-50(42-14-10-30(62-42)26-2-6-34(58-26)38-18-22-46(54)66-38)52(44-16-12-32(64-44)28-4-8-36(60-28)40-20-24-48(56)68-40)51(49)43-15-11-31(63-43)27-3-7-35(59-27)39-19-23-47(55)67-39/h1-24,49-52H. The van der Waals surface area contributed by atoms with Crippen molar-refractivity contribution >= 4 is 200 Å². The molecule has 12 heterocycles. The van der Waals surface area contributed by atoms with E-state index in [1.807, 2.05) is 90.7 Å². The smallest absolute Gasteiger partial charge is 0.0705 e. The van der Waals surface area contributed by atoms with Gasteiger partial charge in [0.25, 0.3) is 0 Å². The molecule has 16 heteroatoms. The van der Waals surface area contributed by atoms with Crippen LogP contribution < -0.4 is 0 Å². The lowest BCUT2D eigenvalue weighted by molar-refractivity contribution is 0.243. The van der Waals surface area contributed by atoms with E-state index < -0.39 is 0 Å². The normalized spacial score (nSPS) is 17.1. The Morgan fingerprint density at radius 2 is 0.324 bits per heavy atom. The zero-order valence-corrected chi connectivity index (χ0v) is 50.7. The molecular weight excluding hydrogens is 1330 g/mol. The van der Waals surface area contributed by atoms with Gasteiger partial charge < -0.3 is 0 Å². The molecule has 1 fully saturated rings. The molecule has 0 N–H and O–H groups in total. The summed E-state index contributed by atoms with van der Waals surface area (Å²) in [4.78, 5) is 27.2. The van der Waals surface area contributed by atoms with Crippen molar-refractivity contribution in [3.8, 4) is 78.0 Å². The monoisotopic (exact) mass is 1350 g/mol. The summed E-state index contributed by atoms with van der Waals surface area (Å²) in [5.41, 5.74) is 0. The first kappa shape index (κ1) is 46.1.